The Balaban J connectivity index is 0.00000200. The first-order valence-electron chi connectivity index (χ1n) is 7.02. The van der Waals surface area contributed by atoms with Crippen LogP contribution in [0, 0.1) is 0 Å². The van der Waals surface area contributed by atoms with E-state index in [1.807, 2.05) is 35.2 Å². The normalized spacial score (nSPS) is 15.1. The Hall–Kier alpha value is -1.26. The molecule has 1 heterocycles. The number of hydrogen-bond acceptors (Lipinski definition) is 3. The van der Waals surface area contributed by atoms with Gasteiger partial charge in [-0.1, -0.05) is 18.2 Å². The van der Waals surface area contributed by atoms with Crippen molar-refractivity contribution in [2.24, 2.45) is 0 Å². The van der Waals surface area contributed by atoms with Crippen molar-refractivity contribution in [1.29, 1.82) is 0 Å². The highest BCUT2D eigenvalue weighted by atomic mass is 35.5. The Kier molecular flexibility index (Phi) is 8.07. The van der Waals surface area contributed by atoms with Gasteiger partial charge < -0.3 is 15.0 Å². The van der Waals surface area contributed by atoms with Crippen molar-refractivity contribution >= 4 is 18.3 Å². The van der Waals surface area contributed by atoms with Gasteiger partial charge in [-0.15, -0.1) is 12.4 Å². The van der Waals surface area contributed by atoms with E-state index in [-0.39, 0.29) is 18.3 Å². The van der Waals surface area contributed by atoms with Crippen LogP contribution in [-0.2, 0) is 4.79 Å². The first kappa shape index (κ1) is 16.8. The summed E-state index contributed by atoms with van der Waals surface area (Å²) in [6, 6.07) is 9.73. The molecule has 0 unspecified atom stereocenters. The van der Waals surface area contributed by atoms with E-state index in [0.29, 0.717) is 13.0 Å². The van der Waals surface area contributed by atoms with Gasteiger partial charge in [0.15, 0.2) is 0 Å². The van der Waals surface area contributed by atoms with Gasteiger partial charge >= 0.3 is 0 Å². The van der Waals surface area contributed by atoms with Crippen molar-refractivity contribution in [3.8, 4) is 5.75 Å². The predicted molar refractivity (Wildman–Crippen MR) is 82.5 cm³/mol. The third kappa shape index (κ3) is 5.80. The fourth-order valence-electron chi connectivity index (χ4n) is 2.18. The molecule has 5 heteroatoms. The van der Waals surface area contributed by atoms with Gasteiger partial charge in [0.25, 0.3) is 0 Å². The van der Waals surface area contributed by atoms with Crippen LogP contribution in [-0.4, -0.2) is 43.6 Å². The minimum absolute atomic E-state index is 0. The van der Waals surface area contributed by atoms with Crippen LogP contribution in [0.15, 0.2) is 30.3 Å². The zero-order valence-corrected chi connectivity index (χ0v) is 12.5. The monoisotopic (exact) mass is 298 g/mol. The molecule has 0 bridgehead atoms. The number of ether oxygens (including phenoxy) is 1. The maximum Gasteiger partial charge on any atom is 0.222 e. The van der Waals surface area contributed by atoms with Crippen LogP contribution in [0.2, 0.25) is 0 Å². The summed E-state index contributed by atoms with van der Waals surface area (Å²) in [7, 11) is 0. The molecule has 0 aliphatic carbocycles. The minimum Gasteiger partial charge on any atom is -0.494 e. The molecule has 0 spiro atoms. The number of amides is 1. The lowest BCUT2D eigenvalue weighted by molar-refractivity contribution is -0.131. The quantitative estimate of drug-likeness (QED) is 0.846. The van der Waals surface area contributed by atoms with Crippen LogP contribution in [0.25, 0.3) is 0 Å². The van der Waals surface area contributed by atoms with Gasteiger partial charge in [-0.3, -0.25) is 4.79 Å². The molecular weight excluding hydrogens is 276 g/mol. The molecule has 1 fully saturated rings. The fraction of sp³-hybridized carbons (Fsp3) is 0.533. The molecule has 0 aromatic heterocycles. The Bertz CT molecular complexity index is 379. The molecule has 112 valence electrons. The summed E-state index contributed by atoms with van der Waals surface area (Å²) in [5, 5.41) is 3.30. The third-order valence-electron chi connectivity index (χ3n) is 3.24. The zero-order valence-electron chi connectivity index (χ0n) is 11.7. The molecule has 1 aliphatic heterocycles. The van der Waals surface area contributed by atoms with E-state index in [2.05, 4.69) is 5.32 Å². The summed E-state index contributed by atoms with van der Waals surface area (Å²) in [4.78, 5) is 14.0. The number of rotatable bonds is 5. The standard InChI is InChI=1S/C15H22N2O2.ClH/c18-15(17-11-5-9-16-10-12-17)8-4-13-19-14-6-2-1-3-7-14;/h1-3,6-7,16H,4-5,8-13H2;1H. The SMILES string of the molecule is Cl.O=C(CCCOc1ccccc1)N1CCCNCC1. The summed E-state index contributed by atoms with van der Waals surface area (Å²) in [6.45, 7) is 4.23. The number of carbonyl (C=O) groups is 1. The van der Waals surface area contributed by atoms with Gasteiger partial charge in [-0.25, -0.2) is 0 Å². The van der Waals surface area contributed by atoms with E-state index in [1.165, 1.54) is 0 Å². The Morgan fingerprint density at radius 1 is 1.20 bits per heavy atom. The highest BCUT2D eigenvalue weighted by Gasteiger charge is 2.14. The van der Waals surface area contributed by atoms with E-state index in [4.69, 9.17) is 4.74 Å². The van der Waals surface area contributed by atoms with Crippen molar-refractivity contribution in [3.63, 3.8) is 0 Å². The van der Waals surface area contributed by atoms with Crippen LogP contribution in [0.3, 0.4) is 0 Å². The van der Waals surface area contributed by atoms with Gasteiger partial charge in [0.1, 0.15) is 5.75 Å². The van der Waals surface area contributed by atoms with E-state index >= 15 is 0 Å². The molecule has 0 saturated carbocycles. The number of nitrogens with one attached hydrogen (secondary N) is 1. The predicted octanol–water partition coefficient (Wildman–Crippen LogP) is 2.09. The second-order valence-corrected chi connectivity index (χ2v) is 4.75. The molecule has 1 N–H and O–H groups in total. The average molecular weight is 299 g/mol. The Morgan fingerprint density at radius 2 is 2.00 bits per heavy atom. The minimum atomic E-state index is 0. The topological polar surface area (TPSA) is 41.6 Å². The lowest BCUT2D eigenvalue weighted by atomic mass is 10.2. The van der Waals surface area contributed by atoms with Crippen LogP contribution >= 0.6 is 12.4 Å². The summed E-state index contributed by atoms with van der Waals surface area (Å²) < 4.78 is 5.59. The molecule has 1 amide bonds. The molecule has 20 heavy (non-hydrogen) atoms. The van der Waals surface area contributed by atoms with Crippen molar-refractivity contribution < 1.29 is 9.53 Å². The van der Waals surface area contributed by atoms with Gasteiger partial charge in [-0.2, -0.15) is 0 Å². The Labute approximate surface area is 126 Å². The molecule has 4 nitrogen and oxygen atoms in total. The average Bonchev–Trinajstić information content (AvgIpc) is 2.73. The van der Waals surface area contributed by atoms with Crippen LogP contribution in [0.5, 0.6) is 5.75 Å². The molecule has 1 aromatic carbocycles. The summed E-state index contributed by atoms with van der Waals surface area (Å²) in [5.41, 5.74) is 0. The molecule has 1 aromatic rings. The van der Waals surface area contributed by atoms with Gasteiger partial charge in [0, 0.05) is 26.1 Å². The number of benzene rings is 1. The van der Waals surface area contributed by atoms with Crippen LogP contribution < -0.4 is 10.1 Å². The fourth-order valence-corrected chi connectivity index (χ4v) is 2.18. The molecule has 1 aliphatic rings. The van der Waals surface area contributed by atoms with Crippen molar-refractivity contribution in [2.75, 3.05) is 32.8 Å². The lowest BCUT2D eigenvalue weighted by Gasteiger charge is -2.19. The highest BCUT2D eigenvalue weighted by molar-refractivity contribution is 5.85. The lowest BCUT2D eigenvalue weighted by Crippen LogP contribution is -2.34. The van der Waals surface area contributed by atoms with Crippen molar-refractivity contribution in [2.45, 2.75) is 19.3 Å². The van der Waals surface area contributed by atoms with E-state index < -0.39 is 0 Å². The molecule has 2 rings (SSSR count). The first-order valence-corrected chi connectivity index (χ1v) is 7.02. The van der Waals surface area contributed by atoms with Crippen LogP contribution in [0.1, 0.15) is 19.3 Å². The Morgan fingerprint density at radius 3 is 2.80 bits per heavy atom. The van der Waals surface area contributed by atoms with Crippen molar-refractivity contribution in [1.82, 2.24) is 10.2 Å². The molecule has 0 radical (unpaired) electrons. The van der Waals surface area contributed by atoms with Gasteiger partial charge in [-0.05, 0) is 31.5 Å². The highest BCUT2D eigenvalue weighted by Crippen LogP contribution is 2.09. The number of hydrogen-bond donors (Lipinski definition) is 1. The van der Waals surface area contributed by atoms with E-state index in [9.17, 15) is 4.79 Å². The maximum atomic E-state index is 12.0. The molecular formula is C15H23ClN2O2. The number of nitrogens with zero attached hydrogens (tertiary/aromatic N) is 1. The summed E-state index contributed by atoms with van der Waals surface area (Å²) >= 11 is 0. The largest absolute Gasteiger partial charge is 0.494 e. The summed E-state index contributed by atoms with van der Waals surface area (Å²) in [6.07, 6.45) is 2.40. The molecule has 1 saturated heterocycles. The number of carbonyl (C=O) groups excluding carboxylic acids is 1. The second-order valence-electron chi connectivity index (χ2n) is 4.75. The zero-order chi connectivity index (χ0) is 13.3. The third-order valence-corrected chi connectivity index (χ3v) is 3.24. The van der Waals surface area contributed by atoms with Gasteiger partial charge in [0.05, 0.1) is 6.61 Å². The first-order chi connectivity index (χ1) is 9.36. The van der Waals surface area contributed by atoms with E-state index in [1.54, 1.807) is 0 Å². The van der Waals surface area contributed by atoms with E-state index in [0.717, 1.165) is 44.8 Å². The van der Waals surface area contributed by atoms with Crippen molar-refractivity contribution in [3.05, 3.63) is 30.3 Å². The summed E-state index contributed by atoms with van der Waals surface area (Å²) in [5.74, 6) is 1.12. The number of halogens is 1. The van der Waals surface area contributed by atoms with Crippen LogP contribution in [0.4, 0.5) is 0 Å². The second kappa shape index (κ2) is 9.61. The maximum absolute atomic E-state index is 12.0. The smallest absolute Gasteiger partial charge is 0.222 e. The van der Waals surface area contributed by atoms with Gasteiger partial charge in [0.2, 0.25) is 5.91 Å². The number of para-hydroxylation sites is 1. The molecule has 0 atom stereocenters.